The summed E-state index contributed by atoms with van der Waals surface area (Å²) >= 11 is 4.27. The molecule has 1 heterocycles. The number of carbonyl (C=O) groups excluding carboxylic acids is 2. The Hall–Kier alpha value is -3.28. The molecule has 0 bridgehead atoms. The Kier molecular flexibility index (Phi) is 7.72. The van der Waals surface area contributed by atoms with Gasteiger partial charge >= 0.3 is 10.1 Å². The molecule has 0 saturated carbocycles. The Bertz CT molecular complexity index is 1450. The third-order valence-corrected chi connectivity index (χ3v) is 8.12. The summed E-state index contributed by atoms with van der Waals surface area (Å²) in [5.41, 5.74) is 1.34. The number of nitrogens with zero attached hydrogens (tertiary/aromatic N) is 1. The minimum Gasteiger partial charge on any atom is -0.497 e. The van der Waals surface area contributed by atoms with Crippen LogP contribution >= 0.6 is 27.7 Å². The van der Waals surface area contributed by atoms with Crippen molar-refractivity contribution in [1.29, 1.82) is 0 Å². The van der Waals surface area contributed by atoms with E-state index in [1.165, 1.54) is 55.5 Å². The minimum absolute atomic E-state index is 0.0208. The fourth-order valence-electron chi connectivity index (χ4n) is 3.34. The number of hydrogen-bond acceptors (Lipinski definition) is 8. The third kappa shape index (κ3) is 5.58. The number of hydrogen-bond donors (Lipinski definition) is 0. The lowest BCUT2D eigenvalue weighted by Gasteiger charge is -2.13. The normalized spacial score (nSPS) is 14.9. The lowest BCUT2D eigenvalue weighted by Crippen LogP contribution is -2.27. The minimum atomic E-state index is -4.13. The van der Waals surface area contributed by atoms with E-state index in [0.717, 1.165) is 21.8 Å². The third-order valence-electron chi connectivity index (χ3n) is 5.19. The van der Waals surface area contributed by atoms with E-state index in [2.05, 4.69) is 15.9 Å². The van der Waals surface area contributed by atoms with Crippen molar-refractivity contribution in [3.05, 3.63) is 87.2 Å². The van der Waals surface area contributed by atoms with Gasteiger partial charge in [-0.2, -0.15) is 8.42 Å². The van der Waals surface area contributed by atoms with E-state index in [4.69, 9.17) is 13.7 Å². The molecule has 2 amide bonds. The highest BCUT2D eigenvalue weighted by Crippen LogP contribution is 2.36. The van der Waals surface area contributed by atoms with E-state index in [-0.39, 0.29) is 33.1 Å². The predicted octanol–water partition coefficient (Wildman–Crippen LogP) is 5.47. The van der Waals surface area contributed by atoms with Gasteiger partial charge in [-0.15, -0.1) is 0 Å². The molecule has 0 N–H and O–H groups in total. The first-order valence-electron chi connectivity index (χ1n) is 10.5. The maximum absolute atomic E-state index is 12.9. The van der Waals surface area contributed by atoms with Crippen molar-refractivity contribution in [2.24, 2.45) is 0 Å². The highest BCUT2D eigenvalue weighted by atomic mass is 79.9. The van der Waals surface area contributed by atoms with Crippen LogP contribution < -0.4 is 13.7 Å². The molecule has 0 aliphatic carbocycles. The summed E-state index contributed by atoms with van der Waals surface area (Å²) in [7, 11) is -1.27. The average Bonchev–Trinajstić information content (AvgIpc) is 3.13. The van der Waals surface area contributed by atoms with E-state index in [1.807, 2.05) is 24.3 Å². The Labute approximate surface area is 221 Å². The number of amides is 2. The van der Waals surface area contributed by atoms with Crippen molar-refractivity contribution >= 4 is 55.0 Å². The highest BCUT2D eigenvalue weighted by Gasteiger charge is 2.35. The maximum Gasteiger partial charge on any atom is 0.339 e. The van der Waals surface area contributed by atoms with E-state index < -0.39 is 16.0 Å². The fourth-order valence-corrected chi connectivity index (χ4v) is 5.52. The quantitative estimate of drug-likeness (QED) is 0.252. The number of methoxy groups -OCH3 is 2. The molecule has 0 spiro atoms. The number of benzene rings is 3. The standard InChI is InChI=1S/C25H20BrNO7S2/c1-32-18-8-10-19(11-9-18)36(30,31)34-21-12-7-16(13-22(21)33-2)14-23-24(28)27(25(29)35-23)15-17-5-3-4-6-20(17)26/h3-14H,15H2,1-2H3/b23-14-. The van der Waals surface area contributed by atoms with Crippen molar-refractivity contribution in [2.75, 3.05) is 14.2 Å². The van der Waals surface area contributed by atoms with Gasteiger partial charge < -0.3 is 13.7 Å². The van der Waals surface area contributed by atoms with Crippen molar-refractivity contribution in [2.45, 2.75) is 11.4 Å². The lowest BCUT2D eigenvalue weighted by molar-refractivity contribution is -0.123. The summed E-state index contributed by atoms with van der Waals surface area (Å²) in [4.78, 5) is 26.8. The van der Waals surface area contributed by atoms with Crippen molar-refractivity contribution in [3.63, 3.8) is 0 Å². The van der Waals surface area contributed by atoms with Gasteiger partial charge in [0.15, 0.2) is 11.5 Å². The summed E-state index contributed by atoms with van der Waals surface area (Å²) in [6, 6.07) is 17.7. The van der Waals surface area contributed by atoms with Crippen LogP contribution in [0.15, 0.2) is 81.0 Å². The predicted molar refractivity (Wildman–Crippen MR) is 139 cm³/mol. The maximum atomic E-state index is 12.9. The number of halogens is 1. The van der Waals surface area contributed by atoms with Gasteiger partial charge in [0, 0.05) is 4.47 Å². The molecule has 4 rings (SSSR count). The molecule has 1 aliphatic heterocycles. The molecule has 1 saturated heterocycles. The molecular formula is C25H20BrNO7S2. The molecule has 11 heteroatoms. The number of rotatable bonds is 8. The summed E-state index contributed by atoms with van der Waals surface area (Å²) in [5.74, 6) is 0.222. The van der Waals surface area contributed by atoms with Gasteiger partial charge in [-0.1, -0.05) is 40.2 Å². The lowest BCUT2D eigenvalue weighted by atomic mass is 10.1. The first kappa shape index (κ1) is 25.8. The van der Waals surface area contributed by atoms with E-state index in [1.54, 1.807) is 12.1 Å². The molecule has 1 fully saturated rings. The molecule has 0 atom stereocenters. The second-order valence-corrected chi connectivity index (χ2v) is 10.9. The zero-order valence-corrected chi connectivity index (χ0v) is 22.4. The number of carbonyl (C=O) groups is 2. The number of ether oxygens (including phenoxy) is 2. The van der Waals surface area contributed by atoms with Crippen LogP contribution in [0.1, 0.15) is 11.1 Å². The van der Waals surface area contributed by atoms with Gasteiger partial charge in [0.05, 0.1) is 25.7 Å². The summed E-state index contributed by atoms with van der Waals surface area (Å²) in [6.45, 7) is 0.142. The van der Waals surface area contributed by atoms with E-state index in [0.29, 0.717) is 11.3 Å². The van der Waals surface area contributed by atoms with Crippen LogP contribution in [0.4, 0.5) is 4.79 Å². The molecule has 36 heavy (non-hydrogen) atoms. The molecule has 186 valence electrons. The Balaban J connectivity index is 1.54. The van der Waals surface area contributed by atoms with Crippen molar-refractivity contribution in [1.82, 2.24) is 4.90 Å². The molecular weight excluding hydrogens is 570 g/mol. The molecule has 3 aromatic carbocycles. The van der Waals surface area contributed by atoms with Crippen LogP contribution in [0.3, 0.4) is 0 Å². The second kappa shape index (κ2) is 10.8. The Morgan fingerprint density at radius 3 is 2.33 bits per heavy atom. The largest absolute Gasteiger partial charge is 0.497 e. The van der Waals surface area contributed by atoms with Gasteiger partial charge in [0.1, 0.15) is 10.6 Å². The van der Waals surface area contributed by atoms with Gasteiger partial charge in [-0.3, -0.25) is 14.5 Å². The number of thioether (sulfide) groups is 1. The van der Waals surface area contributed by atoms with Crippen LogP contribution in [0.5, 0.6) is 17.2 Å². The SMILES string of the molecule is COc1ccc(S(=O)(=O)Oc2ccc(/C=C3\SC(=O)N(Cc4ccccc4Br)C3=O)cc2OC)cc1. The second-order valence-electron chi connectivity index (χ2n) is 7.48. The van der Waals surface area contributed by atoms with Gasteiger partial charge in [-0.25, -0.2) is 0 Å². The molecule has 3 aromatic rings. The number of imide groups is 1. The van der Waals surface area contributed by atoms with Crippen LogP contribution in [0.25, 0.3) is 6.08 Å². The van der Waals surface area contributed by atoms with E-state index >= 15 is 0 Å². The van der Waals surface area contributed by atoms with Gasteiger partial charge in [0.2, 0.25) is 0 Å². The summed E-state index contributed by atoms with van der Waals surface area (Å²) in [5, 5.41) is -0.375. The van der Waals surface area contributed by atoms with Crippen molar-refractivity contribution < 1.29 is 31.7 Å². The van der Waals surface area contributed by atoms with Crippen LogP contribution in [-0.4, -0.2) is 38.7 Å². The first-order chi connectivity index (χ1) is 17.2. The zero-order chi connectivity index (χ0) is 25.9. The Morgan fingerprint density at radius 1 is 0.944 bits per heavy atom. The van der Waals surface area contributed by atoms with Crippen molar-refractivity contribution in [3.8, 4) is 17.2 Å². The van der Waals surface area contributed by atoms with E-state index in [9.17, 15) is 18.0 Å². The molecule has 0 unspecified atom stereocenters. The zero-order valence-electron chi connectivity index (χ0n) is 19.1. The fraction of sp³-hybridized carbons (Fsp3) is 0.120. The summed E-state index contributed by atoms with van der Waals surface area (Å²) < 4.78 is 41.9. The van der Waals surface area contributed by atoms with Crippen LogP contribution in [0.2, 0.25) is 0 Å². The average molecular weight is 590 g/mol. The molecule has 0 aromatic heterocycles. The van der Waals surface area contributed by atoms with Crippen LogP contribution in [0, 0.1) is 0 Å². The topological polar surface area (TPSA) is 99.2 Å². The Morgan fingerprint density at radius 2 is 1.67 bits per heavy atom. The smallest absolute Gasteiger partial charge is 0.339 e. The van der Waals surface area contributed by atoms with Gasteiger partial charge in [0.25, 0.3) is 11.1 Å². The molecule has 0 radical (unpaired) electrons. The summed E-state index contributed by atoms with van der Waals surface area (Å²) in [6.07, 6.45) is 1.55. The molecule has 8 nitrogen and oxygen atoms in total. The van der Waals surface area contributed by atoms with Crippen LogP contribution in [-0.2, 0) is 21.5 Å². The first-order valence-corrected chi connectivity index (χ1v) is 13.5. The highest BCUT2D eigenvalue weighted by molar-refractivity contribution is 9.10. The monoisotopic (exact) mass is 589 g/mol. The van der Waals surface area contributed by atoms with Gasteiger partial charge in [-0.05, 0) is 71.4 Å². The molecule has 1 aliphatic rings.